The standard InChI is InChI=1S/C36H37F3N4O3/c1-46-24-19-40-35(45)33(28-7-3-2-4-8-28)43-22-20-42(21-23-43)30-17-11-26(12-18-30)25-41-34(44)32-10-6-5-9-31(32)27-13-15-29(16-14-27)36(37,38)39/h2-18,33H,19-25H2,1H3,(H,40,45)(H,41,44). The summed E-state index contributed by atoms with van der Waals surface area (Å²) >= 11 is 0. The molecular weight excluding hydrogens is 593 g/mol. The lowest BCUT2D eigenvalue weighted by Gasteiger charge is -2.39. The van der Waals surface area contributed by atoms with Crippen molar-refractivity contribution in [3.63, 3.8) is 0 Å². The Morgan fingerprint density at radius 2 is 1.46 bits per heavy atom. The molecule has 4 aromatic carbocycles. The first kappa shape index (κ1) is 32.7. The van der Waals surface area contributed by atoms with Crippen molar-refractivity contribution in [1.29, 1.82) is 0 Å². The van der Waals surface area contributed by atoms with E-state index in [1.807, 2.05) is 54.6 Å². The SMILES string of the molecule is COCCNC(=O)C(c1ccccc1)N1CCN(c2ccc(CNC(=O)c3ccccc3-c3ccc(C(F)(F)F)cc3)cc2)CC1. The fourth-order valence-corrected chi connectivity index (χ4v) is 5.65. The second kappa shape index (κ2) is 15.1. The number of carbonyl (C=O) groups is 2. The lowest BCUT2D eigenvalue weighted by molar-refractivity contribution is -0.137. The largest absolute Gasteiger partial charge is 0.416 e. The first-order valence-electron chi connectivity index (χ1n) is 15.2. The maximum absolute atomic E-state index is 13.2. The van der Waals surface area contributed by atoms with Crippen LogP contribution in [-0.4, -0.2) is 63.2 Å². The van der Waals surface area contributed by atoms with E-state index < -0.39 is 11.7 Å². The van der Waals surface area contributed by atoms with Gasteiger partial charge >= 0.3 is 6.18 Å². The van der Waals surface area contributed by atoms with E-state index >= 15 is 0 Å². The number of hydrogen-bond donors (Lipinski definition) is 2. The van der Waals surface area contributed by atoms with Crippen molar-refractivity contribution in [3.05, 3.63) is 125 Å². The third kappa shape index (κ3) is 8.13. The van der Waals surface area contributed by atoms with Gasteiger partial charge in [0.05, 0.1) is 12.2 Å². The number of rotatable bonds is 11. The molecule has 0 saturated carbocycles. The van der Waals surface area contributed by atoms with Gasteiger partial charge in [-0.2, -0.15) is 13.2 Å². The summed E-state index contributed by atoms with van der Waals surface area (Å²) in [6.45, 7) is 4.15. The van der Waals surface area contributed by atoms with E-state index in [1.54, 1.807) is 31.4 Å². The highest BCUT2D eigenvalue weighted by molar-refractivity contribution is 6.00. The van der Waals surface area contributed by atoms with E-state index in [-0.39, 0.29) is 17.9 Å². The minimum absolute atomic E-state index is 0.0370. The van der Waals surface area contributed by atoms with Gasteiger partial charge in [0.25, 0.3) is 5.91 Å². The van der Waals surface area contributed by atoms with Crippen LogP contribution in [0.25, 0.3) is 11.1 Å². The third-order valence-corrected chi connectivity index (χ3v) is 8.10. The topological polar surface area (TPSA) is 73.9 Å². The van der Waals surface area contributed by atoms with Gasteiger partial charge in [-0.15, -0.1) is 0 Å². The second-order valence-corrected chi connectivity index (χ2v) is 11.1. The van der Waals surface area contributed by atoms with Gasteiger partial charge in [0, 0.05) is 57.6 Å². The number of nitrogens with zero attached hydrogens (tertiary/aromatic N) is 2. The highest BCUT2D eigenvalue weighted by Gasteiger charge is 2.31. The van der Waals surface area contributed by atoms with Gasteiger partial charge in [-0.25, -0.2) is 0 Å². The van der Waals surface area contributed by atoms with Crippen molar-refractivity contribution >= 4 is 17.5 Å². The fraction of sp³-hybridized carbons (Fsp3) is 0.278. The van der Waals surface area contributed by atoms with Crippen molar-refractivity contribution in [2.24, 2.45) is 0 Å². The van der Waals surface area contributed by atoms with E-state index in [0.717, 1.165) is 42.0 Å². The summed E-state index contributed by atoms with van der Waals surface area (Å²) in [6.07, 6.45) is -4.42. The number of alkyl halides is 3. The molecule has 1 atom stereocenters. The minimum Gasteiger partial charge on any atom is -0.383 e. The highest BCUT2D eigenvalue weighted by atomic mass is 19.4. The second-order valence-electron chi connectivity index (χ2n) is 11.1. The van der Waals surface area contributed by atoms with Crippen LogP contribution in [0.2, 0.25) is 0 Å². The molecule has 0 spiro atoms. The van der Waals surface area contributed by atoms with Gasteiger partial charge in [-0.1, -0.05) is 72.8 Å². The summed E-state index contributed by atoms with van der Waals surface area (Å²) in [5.74, 6) is -0.347. The Morgan fingerprint density at radius 1 is 0.804 bits per heavy atom. The molecule has 46 heavy (non-hydrogen) atoms. The smallest absolute Gasteiger partial charge is 0.383 e. The molecule has 0 aromatic heterocycles. The molecule has 0 radical (unpaired) electrons. The number of benzene rings is 4. The van der Waals surface area contributed by atoms with Crippen LogP contribution >= 0.6 is 0 Å². The van der Waals surface area contributed by atoms with E-state index in [9.17, 15) is 22.8 Å². The Kier molecular flexibility index (Phi) is 10.7. The molecule has 240 valence electrons. The average Bonchev–Trinajstić information content (AvgIpc) is 3.08. The predicted octanol–water partition coefficient (Wildman–Crippen LogP) is 5.93. The van der Waals surface area contributed by atoms with Gasteiger partial charge in [0.15, 0.2) is 0 Å². The molecule has 0 aliphatic carbocycles. The van der Waals surface area contributed by atoms with E-state index in [4.69, 9.17) is 4.74 Å². The van der Waals surface area contributed by atoms with Crippen LogP contribution in [0.4, 0.5) is 18.9 Å². The molecule has 1 unspecified atom stereocenters. The lowest BCUT2D eigenvalue weighted by Crippen LogP contribution is -2.51. The fourth-order valence-electron chi connectivity index (χ4n) is 5.65. The maximum atomic E-state index is 13.2. The number of methoxy groups -OCH3 is 1. The molecule has 1 saturated heterocycles. The molecular formula is C36H37F3N4O3. The van der Waals surface area contributed by atoms with Gasteiger partial charge in [-0.3, -0.25) is 14.5 Å². The van der Waals surface area contributed by atoms with Gasteiger partial charge in [0.2, 0.25) is 5.91 Å². The summed E-state index contributed by atoms with van der Waals surface area (Å²) in [7, 11) is 1.61. The van der Waals surface area contributed by atoms with Gasteiger partial charge in [-0.05, 0) is 52.6 Å². The van der Waals surface area contributed by atoms with E-state index in [1.165, 1.54) is 12.1 Å². The molecule has 10 heteroatoms. The molecule has 7 nitrogen and oxygen atoms in total. The van der Waals surface area contributed by atoms with Gasteiger partial charge < -0.3 is 20.3 Å². The number of anilines is 1. The normalized spacial score (nSPS) is 14.5. The Balaban J connectivity index is 1.17. The maximum Gasteiger partial charge on any atom is 0.416 e. The zero-order chi connectivity index (χ0) is 32.5. The number of halogens is 3. The molecule has 1 aliphatic heterocycles. The summed E-state index contributed by atoms with van der Waals surface area (Å²) in [6, 6.07) is 29.1. The average molecular weight is 631 g/mol. The van der Waals surface area contributed by atoms with Crippen molar-refractivity contribution in [2.75, 3.05) is 51.3 Å². The van der Waals surface area contributed by atoms with Crippen LogP contribution in [0.1, 0.15) is 33.1 Å². The summed E-state index contributed by atoms with van der Waals surface area (Å²) in [4.78, 5) is 30.8. The quantitative estimate of drug-likeness (QED) is 0.201. The zero-order valence-electron chi connectivity index (χ0n) is 25.6. The van der Waals surface area contributed by atoms with E-state index in [0.29, 0.717) is 49.5 Å². The van der Waals surface area contributed by atoms with Crippen LogP contribution in [0.3, 0.4) is 0 Å². The molecule has 1 fully saturated rings. The van der Waals surface area contributed by atoms with Crippen LogP contribution in [-0.2, 0) is 22.3 Å². The number of amides is 2. The first-order valence-corrected chi connectivity index (χ1v) is 15.2. The molecule has 2 N–H and O–H groups in total. The zero-order valence-corrected chi connectivity index (χ0v) is 25.6. The lowest BCUT2D eigenvalue weighted by atomic mass is 9.98. The van der Waals surface area contributed by atoms with Crippen LogP contribution < -0.4 is 15.5 Å². The first-order chi connectivity index (χ1) is 22.2. The summed E-state index contributed by atoms with van der Waals surface area (Å²) in [5, 5.41) is 5.93. The number of piperazine rings is 1. The van der Waals surface area contributed by atoms with Crippen LogP contribution in [0, 0.1) is 0 Å². The highest BCUT2D eigenvalue weighted by Crippen LogP contribution is 2.32. The Labute approximate surface area is 267 Å². The summed E-state index contributed by atoms with van der Waals surface area (Å²) in [5.41, 5.74) is 3.68. The van der Waals surface area contributed by atoms with Crippen molar-refractivity contribution in [3.8, 4) is 11.1 Å². The number of nitrogens with one attached hydrogen (secondary N) is 2. The minimum atomic E-state index is -4.42. The molecule has 5 rings (SSSR count). The third-order valence-electron chi connectivity index (χ3n) is 8.10. The van der Waals surface area contributed by atoms with Crippen molar-refractivity contribution < 1.29 is 27.5 Å². The van der Waals surface area contributed by atoms with Gasteiger partial charge in [0.1, 0.15) is 6.04 Å². The predicted molar refractivity (Wildman–Crippen MR) is 172 cm³/mol. The molecule has 1 aliphatic rings. The monoisotopic (exact) mass is 630 g/mol. The van der Waals surface area contributed by atoms with Crippen molar-refractivity contribution in [2.45, 2.75) is 18.8 Å². The van der Waals surface area contributed by atoms with E-state index in [2.05, 4.69) is 20.4 Å². The number of ether oxygens (including phenoxy) is 1. The Hall–Kier alpha value is -4.67. The van der Waals surface area contributed by atoms with Crippen molar-refractivity contribution in [1.82, 2.24) is 15.5 Å². The number of carbonyl (C=O) groups excluding carboxylic acids is 2. The Bertz CT molecular complexity index is 1590. The van der Waals surface area contributed by atoms with Crippen LogP contribution in [0.15, 0.2) is 103 Å². The Morgan fingerprint density at radius 3 is 2.11 bits per heavy atom. The molecule has 0 bridgehead atoms. The van der Waals surface area contributed by atoms with Crippen LogP contribution in [0.5, 0.6) is 0 Å². The molecule has 4 aromatic rings. The molecule has 2 amide bonds. The number of hydrogen-bond acceptors (Lipinski definition) is 5. The summed E-state index contributed by atoms with van der Waals surface area (Å²) < 4.78 is 44.1. The molecule has 1 heterocycles.